The maximum absolute atomic E-state index is 12.2. The summed E-state index contributed by atoms with van der Waals surface area (Å²) in [6.07, 6.45) is 4.89. The third-order valence-electron chi connectivity index (χ3n) is 4.98. The number of para-hydroxylation sites is 2. The van der Waals surface area contributed by atoms with Crippen molar-refractivity contribution in [1.82, 2.24) is 5.32 Å². The number of urea groups is 1. The first-order chi connectivity index (χ1) is 12.1. The molecule has 1 fully saturated rings. The summed E-state index contributed by atoms with van der Waals surface area (Å²) in [5.41, 5.74) is 0.975. The van der Waals surface area contributed by atoms with Gasteiger partial charge in [0.2, 0.25) is 0 Å². The van der Waals surface area contributed by atoms with Crippen LogP contribution in [0.1, 0.15) is 37.7 Å². The summed E-state index contributed by atoms with van der Waals surface area (Å²) < 4.78 is 6.03. The second-order valence-electron chi connectivity index (χ2n) is 6.59. The summed E-state index contributed by atoms with van der Waals surface area (Å²) in [6.45, 7) is 0. The molecule has 2 aliphatic rings. The first-order valence-corrected chi connectivity index (χ1v) is 8.85. The maximum Gasteiger partial charge on any atom is 0.319 e. The van der Waals surface area contributed by atoms with Crippen molar-refractivity contribution >= 4 is 23.3 Å². The third-order valence-corrected chi connectivity index (χ3v) is 5.29. The van der Waals surface area contributed by atoms with Gasteiger partial charge in [0, 0.05) is 5.56 Å². The molecule has 4 rings (SSSR count). The highest BCUT2D eigenvalue weighted by Gasteiger charge is 2.43. The Hall–Kier alpha value is -2.40. The van der Waals surface area contributed by atoms with E-state index in [9.17, 15) is 9.90 Å². The van der Waals surface area contributed by atoms with Gasteiger partial charge in [-0.15, -0.1) is 0 Å². The molecule has 0 saturated heterocycles. The molecule has 0 aromatic heterocycles. The predicted octanol–water partition coefficient (Wildman–Crippen LogP) is 5.13. The number of benzene rings is 2. The first-order valence-electron chi connectivity index (χ1n) is 8.47. The van der Waals surface area contributed by atoms with Crippen LogP contribution in [-0.2, 0) is 5.54 Å². The number of phenolic OH excluding ortho intramolecular Hbond substituents is 1. The van der Waals surface area contributed by atoms with Crippen LogP contribution in [0.25, 0.3) is 0 Å². The van der Waals surface area contributed by atoms with Crippen molar-refractivity contribution in [2.75, 3.05) is 5.32 Å². The summed E-state index contributed by atoms with van der Waals surface area (Å²) in [4.78, 5) is 12.2. The van der Waals surface area contributed by atoms with Gasteiger partial charge in [0.1, 0.15) is 5.75 Å². The minimum absolute atomic E-state index is 0.0664. The minimum atomic E-state index is -0.486. The normalized spacial score (nSPS) is 18.2. The highest BCUT2D eigenvalue weighted by Crippen LogP contribution is 2.50. The highest BCUT2D eigenvalue weighted by atomic mass is 35.5. The highest BCUT2D eigenvalue weighted by molar-refractivity contribution is 6.34. The second kappa shape index (κ2) is 6.15. The number of halogens is 1. The largest absolute Gasteiger partial charge is 0.504 e. The lowest BCUT2D eigenvalue weighted by Gasteiger charge is -2.43. The van der Waals surface area contributed by atoms with E-state index in [1.54, 1.807) is 36.4 Å². The fourth-order valence-electron chi connectivity index (χ4n) is 3.86. The van der Waals surface area contributed by atoms with Gasteiger partial charge < -0.3 is 20.5 Å². The van der Waals surface area contributed by atoms with Gasteiger partial charge in [-0.3, -0.25) is 0 Å². The maximum atomic E-state index is 12.2. The van der Waals surface area contributed by atoms with Crippen LogP contribution in [0.2, 0.25) is 5.02 Å². The molecule has 3 N–H and O–H groups in total. The summed E-state index contributed by atoms with van der Waals surface area (Å²) in [7, 11) is 0. The van der Waals surface area contributed by atoms with Crippen LogP contribution in [0, 0.1) is 0 Å². The molecule has 0 bridgehead atoms. The molecule has 2 aromatic carbocycles. The molecule has 0 atom stereocenters. The van der Waals surface area contributed by atoms with Gasteiger partial charge in [-0.2, -0.15) is 0 Å². The van der Waals surface area contributed by atoms with Gasteiger partial charge in [0.25, 0.3) is 0 Å². The van der Waals surface area contributed by atoms with Crippen LogP contribution < -0.4 is 15.4 Å². The lowest BCUT2D eigenvalue weighted by Crippen LogP contribution is -2.52. The molecule has 2 amide bonds. The molecule has 25 heavy (non-hydrogen) atoms. The van der Waals surface area contributed by atoms with E-state index in [4.69, 9.17) is 16.3 Å². The average molecular weight is 359 g/mol. The topological polar surface area (TPSA) is 70.6 Å². The Morgan fingerprint density at radius 3 is 2.56 bits per heavy atom. The van der Waals surface area contributed by atoms with Crippen LogP contribution in [0.4, 0.5) is 10.5 Å². The summed E-state index contributed by atoms with van der Waals surface area (Å²) in [5, 5.41) is 16.4. The molecule has 5 nitrogen and oxygen atoms in total. The van der Waals surface area contributed by atoms with Crippen molar-refractivity contribution in [3.63, 3.8) is 0 Å². The molecule has 0 unspecified atom stereocenters. The molecular weight excluding hydrogens is 340 g/mol. The Kier molecular flexibility index (Phi) is 3.96. The lowest BCUT2D eigenvalue weighted by atomic mass is 9.74. The molecule has 1 heterocycles. The van der Waals surface area contributed by atoms with Crippen molar-refractivity contribution in [2.45, 2.75) is 37.6 Å². The van der Waals surface area contributed by atoms with Crippen LogP contribution in [0.3, 0.4) is 0 Å². The monoisotopic (exact) mass is 358 g/mol. The zero-order valence-corrected chi connectivity index (χ0v) is 14.4. The van der Waals surface area contributed by atoms with Crippen LogP contribution in [0.5, 0.6) is 17.2 Å². The Balaban J connectivity index is 1.86. The number of carbonyl (C=O) groups excluding carboxylic acids is 1. The Bertz CT molecular complexity index is 831. The number of aromatic hydroxyl groups is 1. The van der Waals surface area contributed by atoms with Crippen molar-refractivity contribution in [1.29, 1.82) is 0 Å². The smallest absolute Gasteiger partial charge is 0.319 e. The molecule has 6 heteroatoms. The van der Waals surface area contributed by atoms with Crippen molar-refractivity contribution in [3.8, 4) is 17.2 Å². The van der Waals surface area contributed by atoms with E-state index < -0.39 is 5.54 Å². The van der Waals surface area contributed by atoms with E-state index >= 15 is 0 Å². The minimum Gasteiger partial charge on any atom is -0.504 e. The quantitative estimate of drug-likeness (QED) is 0.696. The van der Waals surface area contributed by atoms with Gasteiger partial charge in [-0.25, -0.2) is 4.79 Å². The third kappa shape index (κ3) is 2.78. The first kappa shape index (κ1) is 16.1. The number of carbonyl (C=O) groups is 1. The Labute approximate surface area is 151 Å². The van der Waals surface area contributed by atoms with E-state index in [2.05, 4.69) is 10.6 Å². The van der Waals surface area contributed by atoms with Crippen molar-refractivity contribution < 1.29 is 14.6 Å². The van der Waals surface area contributed by atoms with E-state index in [0.717, 1.165) is 37.7 Å². The van der Waals surface area contributed by atoms with E-state index in [-0.39, 0.29) is 11.8 Å². The van der Waals surface area contributed by atoms with Gasteiger partial charge in [-0.1, -0.05) is 43.0 Å². The number of hydrogen-bond donors (Lipinski definition) is 3. The number of hydrogen-bond acceptors (Lipinski definition) is 3. The average Bonchev–Trinajstić information content (AvgIpc) is 2.60. The van der Waals surface area contributed by atoms with Gasteiger partial charge in [0.15, 0.2) is 11.5 Å². The molecule has 1 spiro atoms. The fourth-order valence-corrected chi connectivity index (χ4v) is 4.06. The number of amides is 2. The summed E-state index contributed by atoms with van der Waals surface area (Å²) in [6, 6.07) is 10.1. The van der Waals surface area contributed by atoms with Crippen LogP contribution >= 0.6 is 11.6 Å². The van der Waals surface area contributed by atoms with Gasteiger partial charge in [0.05, 0.1) is 16.2 Å². The van der Waals surface area contributed by atoms with Crippen molar-refractivity contribution in [2.24, 2.45) is 0 Å². The molecule has 2 aromatic rings. The van der Waals surface area contributed by atoms with Gasteiger partial charge >= 0.3 is 6.03 Å². The number of nitrogens with one attached hydrogen (secondary N) is 2. The number of rotatable bonds is 2. The molecule has 1 aliphatic carbocycles. The molecule has 1 saturated carbocycles. The Morgan fingerprint density at radius 1 is 1.04 bits per heavy atom. The zero-order valence-electron chi connectivity index (χ0n) is 13.6. The second-order valence-corrected chi connectivity index (χ2v) is 6.99. The van der Waals surface area contributed by atoms with E-state index in [1.807, 2.05) is 0 Å². The van der Waals surface area contributed by atoms with E-state index in [0.29, 0.717) is 22.2 Å². The number of phenols is 1. The molecule has 130 valence electrons. The lowest BCUT2D eigenvalue weighted by molar-refractivity contribution is 0.206. The molecule has 1 aliphatic heterocycles. The number of fused-ring (bicyclic) bond motifs is 2. The zero-order chi connectivity index (χ0) is 17.4. The molecule has 0 radical (unpaired) electrons. The van der Waals surface area contributed by atoms with Crippen molar-refractivity contribution in [3.05, 3.63) is 47.0 Å². The SMILES string of the molecule is O=C1Nc2c(Cl)ccc(Oc3ccccc3O)c2C2(CCCCC2)N1. The van der Waals surface area contributed by atoms with Gasteiger partial charge in [-0.05, 0) is 37.1 Å². The number of anilines is 1. The van der Waals surface area contributed by atoms with Crippen LogP contribution in [0.15, 0.2) is 36.4 Å². The molecular formula is C19H19ClN2O3. The standard InChI is InChI=1S/C19H19ClN2O3/c20-12-8-9-15(25-14-7-3-2-6-13(14)23)16-17(12)21-18(24)22-19(16)10-4-1-5-11-19/h2-3,6-9,23H,1,4-5,10-11H2,(H2,21,22,24). The summed E-state index contributed by atoms with van der Waals surface area (Å²) >= 11 is 6.37. The predicted molar refractivity (Wildman–Crippen MR) is 96.6 cm³/mol. The van der Waals surface area contributed by atoms with Crippen LogP contribution in [-0.4, -0.2) is 11.1 Å². The fraction of sp³-hybridized carbons (Fsp3) is 0.316. The van der Waals surface area contributed by atoms with E-state index in [1.165, 1.54) is 0 Å². The Morgan fingerprint density at radius 2 is 1.80 bits per heavy atom. The summed E-state index contributed by atoms with van der Waals surface area (Å²) in [5.74, 6) is 1.03. The number of ether oxygens (including phenoxy) is 1.